The summed E-state index contributed by atoms with van der Waals surface area (Å²) < 4.78 is 0.880. The average Bonchev–Trinajstić information content (AvgIpc) is 2.91. The standard InChI is InChI=1S/C19H20BrN3O3/c20-14-7-5-13(6-8-14)18(24)22-15-11-16(19(25)26)17(21-12-15)23-9-3-1-2-4-10-23/h5-8,11-12H,1-4,9-10H2,(H,22,24)(H,25,26). The number of carboxylic acid groups (broad SMARTS) is 1. The molecule has 2 aromatic rings. The number of carbonyl (C=O) groups excluding carboxylic acids is 1. The molecule has 0 unspecified atom stereocenters. The number of hydrogen-bond donors (Lipinski definition) is 2. The van der Waals surface area contributed by atoms with Crippen molar-refractivity contribution in [3.05, 3.63) is 52.1 Å². The molecule has 0 radical (unpaired) electrons. The first-order valence-electron chi connectivity index (χ1n) is 8.60. The SMILES string of the molecule is O=C(Nc1cnc(N2CCCCCC2)c(C(=O)O)c1)c1ccc(Br)cc1. The summed E-state index contributed by atoms with van der Waals surface area (Å²) in [5.41, 5.74) is 0.969. The number of aromatic nitrogens is 1. The van der Waals surface area contributed by atoms with Crippen molar-refractivity contribution in [3.63, 3.8) is 0 Å². The molecule has 0 spiro atoms. The van der Waals surface area contributed by atoms with Crippen molar-refractivity contribution < 1.29 is 14.7 Å². The molecule has 1 amide bonds. The van der Waals surface area contributed by atoms with E-state index in [0.29, 0.717) is 17.1 Å². The number of carboxylic acids is 1. The third-order valence-electron chi connectivity index (χ3n) is 4.37. The molecule has 0 saturated carbocycles. The van der Waals surface area contributed by atoms with Crippen molar-refractivity contribution in [3.8, 4) is 0 Å². The van der Waals surface area contributed by atoms with Crippen molar-refractivity contribution in [1.29, 1.82) is 0 Å². The molecule has 0 aliphatic carbocycles. The zero-order valence-corrected chi connectivity index (χ0v) is 15.8. The second kappa shape index (κ2) is 8.31. The van der Waals surface area contributed by atoms with Crippen LogP contribution in [0.5, 0.6) is 0 Å². The second-order valence-electron chi connectivity index (χ2n) is 6.26. The Kier molecular flexibility index (Phi) is 5.88. The lowest BCUT2D eigenvalue weighted by atomic mass is 10.2. The summed E-state index contributed by atoms with van der Waals surface area (Å²) in [7, 11) is 0. The fourth-order valence-electron chi connectivity index (χ4n) is 3.02. The van der Waals surface area contributed by atoms with E-state index in [9.17, 15) is 14.7 Å². The molecule has 0 atom stereocenters. The van der Waals surface area contributed by atoms with Crippen molar-refractivity contribution in [1.82, 2.24) is 4.98 Å². The molecule has 7 heteroatoms. The molecule has 1 aliphatic heterocycles. The molecule has 1 saturated heterocycles. The number of aromatic carboxylic acids is 1. The Morgan fingerprint density at radius 1 is 1.08 bits per heavy atom. The monoisotopic (exact) mass is 417 g/mol. The van der Waals surface area contributed by atoms with Crippen LogP contribution in [0.4, 0.5) is 11.5 Å². The number of halogens is 1. The predicted octanol–water partition coefficient (Wildman–Crippen LogP) is 4.18. The van der Waals surface area contributed by atoms with E-state index >= 15 is 0 Å². The van der Waals surface area contributed by atoms with E-state index in [1.165, 1.54) is 12.3 Å². The molecule has 0 bridgehead atoms. The summed E-state index contributed by atoms with van der Waals surface area (Å²) in [6, 6.07) is 8.41. The van der Waals surface area contributed by atoms with Gasteiger partial charge in [0, 0.05) is 23.1 Å². The van der Waals surface area contributed by atoms with Crippen LogP contribution in [0.2, 0.25) is 0 Å². The van der Waals surface area contributed by atoms with Crippen molar-refractivity contribution in [2.75, 3.05) is 23.3 Å². The van der Waals surface area contributed by atoms with Crippen LogP contribution in [0.25, 0.3) is 0 Å². The van der Waals surface area contributed by atoms with Crippen LogP contribution < -0.4 is 10.2 Å². The Balaban J connectivity index is 1.82. The molecule has 1 aromatic heterocycles. The first-order valence-corrected chi connectivity index (χ1v) is 9.39. The number of benzene rings is 1. The third kappa shape index (κ3) is 4.40. The highest BCUT2D eigenvalue weighted by Gasteiger charge is 2.20. The van der Waals surface area contributed by atoms with Gasteiger partial charge in [0.25, 0.3) is 5.91 Å². The number of hydrogen-bond acceptors (Lipinski definition) is 4. The molecule has 136 valence electrons. The Bertz CT molecular complexity index is 800. The van der Waals surface area contributed by atoms with Gasteiger partial charge in [-0.2, -0.15) is 0 Å². The number of nitrogens with zero attached hydrogens (tertiary/aromatic N) is 2. The molecule has 2 heterocycles. The first-order chi connectivity index (χ1) is 12.5. The Morgan fingerprint density at radius 3 is 2.35 bits per heavy atom. The second-order valence-corrected chi connectivity index (χ2v) is 7.18. The third-order valence-corrected chi connectivity index (χ3v) is 4.90. The summed E-state index contributed by atoms with van der Waals surface area (Å²) in [6.07, 6.45) is 5.88. The van der Waals surface area contributed by atoms with E-state index in [0.717, 1.165) is 43.2 Å². The fraction of sp³-hybridized carbons (Fsp3) is 0.316. The van der Waals surface area contributed by atoms with E-state index in [1.807, 2.05) is 4.90 Å². The molecule has 1 fully saturated rings. The minimum atomic E-state index is -1.04. The van der Waals surface area contributed by atoms with Crippen LogP contribution in [0.3, 0.4) is 0 Å². The van der Waals surface area contributed by atoms with Gasteiger partial charge in [-0.25, -0.2) is 9.78 Å². The van der Waals surface area contributed by atoms with E-state index in [-0.39, 0.29) is 11.5 Å². The van der Waals surface area contributed by atoms with Crippen LogP contribution in [0.1, 0.15) is 46.4 Å². The number of rotatable bonds is 4. The summed E-state index contributed by atoms with van der Waals surface area (Å²) in [4.78, 5) is 30.4. The minimum Gasteiger partial charge on any atom is -0.478 e. The Labute approximate surface area is 160 Å². The van der Waals surface area contributed by atoms with Gasteiger partial charge in [-0.1, -0.05) is 28.8 Å². The van der Waals surface area contributed by atoms with Gasteiger partial charge in [-0.15, -0.1) is 0 Å². The van der Waals surface area contributed by atoms with Crippen LogP contribution in [0.15, 0.2) is 41.0 Å². The van der Waals surface area contributed by atoms with Gasteiger partial charge in [-0.05, 0) is 43.2 Å². The Hall–Kier alpha value is -2.41. The molecule has 2 N–H and O–H groups in total. The highest BCUT2D eigenvalue weighted by molar-refractivity contribution is 9.10. The highest BCUT2D eigenvalue weighted by Crippen LogP contribution is 2.24. The maximum atomic E-state index is 12.3. The molecular formula is C19H20BrN3O3. The van der Waals surface area contributed by atoms with Gasteiger partial charge in [0.05, 0.1) is 11.9 Å². The number of nitrogens with one attached hydrogen (secondary N) is 1. The number of pyridine rings is 1. The molecular weight excluding hydrogens is 398 g/mol. The summed E-state index contributed by atoms with van der Waals surface area (Å²) in [5.74, 6) is -0.879. The average molecular weight is 418 g/mol. The predicted molar refractivity (Wildman–Crippen MR) is 104 cm³/mol. The summed E-state index contributed by atoms with van der Waals surface area (Å²) in [5, 5.41) is 12.3. The van der Waals surface area contributed by atoms with Crippen molar-refractivity contribution in [2.24, 2.45) is 0 Å². The zero-order valence-electron chi connectivity index (χ0n) is 14.2. The van der Waals surface area contributed by atoms with Gasteiger partial charge >= 0.3 is 5.97 Å². The summed E-state index contributed by atoms with van der Waals surface area (Å²) in [6.45, 7) is 1.61. The highest BCUT2D eigenvalue weighted by atomic mass is 79.9. The molecule has 26 heavy (non-hydrogen) atoms. The van der Waals surface area contributed by atoms with Crippen molar-refractivity contribution >= 4 is 39.3 Å². The molecule has 6 nitrogen and oxygen atoms in total. The topological polar surface area (TPSA) is 82.5 Å². The number of amides is 1. The van der Waals surface area contributed by atoms with Gasteiger partial charge in [0.2, 0.25) is 0 Å². The van der Waals surface area contributed by atoms with Crippen LogP contribution in [-0.4, -0.2) is 35.1 Å². The van der Waals surface area contributed by atoms with E-state index in [1.54, 1.807) is 24.3 Å². The normalized spacial score (nSPS) is 14.6. The van der Waals surface area contributed by atoms with Crippen LogP contribution in [-0.2, 0) is 0 Å². The fourth-order valence-corrected chi connectivity index (χ4v) is 3.29. The zero-order chi connectivity index (χ0) is 18.5. The maximum Gasteiger partial charge on any atom is 0.339 e. The maximum absolute atomic E-state index is 12.3. The van der Waals surface area contributed by atoms with Gasteiger partial charge in [0.15, 0.2) is 0 Å². The smallest absolute Gasteiger partial charge is 0.339 e. The van der Waals surface area contributed by atoms with Gasteiger partial charge in [0.1, 0.15) is 11.4 Å². The van der Waals surface area contributed by atoms with Gasteiger partial charge in [-0.3, -0.25) is 4.79 Å². The molecule has 1 aromatic carbocycles. The Morgan fingerprint density at radius 2 is 1.73 bits per heavy atom. The summed E-state index contributed by atoms with van der Waals surface area (Å²) >= 11 is 3.33. The van der Waals surface area contributed by atoms with Gasteiger partial charge < -0.3 is 15.3 Å². The molecule has 3 rings (SSSR count). The van der Waals surface area contributed by atoms with Crippen molar-refractivity contribution in [2.45, 2.75) is 25.7 Å². The van der Waals surface area contributed by atoms with E-state index in [4.69, 9.17) is 0 Å². The quantitative estimate of drug-likeness (QED) is 0.779. The van der Waals surface area contributed by atoms with Crippen LogP contribution >= 0.6 is 15.9 Å². The van der Waals surface area contributed by atoms with E-state index < -0.39 is 5.97 Å². The lowest BCUT2D eigenvalue weighted by Gasteiger charge is -2.23. The van der Waals surface area contributed by atoms with E-state index in [2.05, 4.69) is 26.2 Å². The number of anilines is 2. The lowest BCUT2D eigenvalue weighted by Crippen LogP contribution is -2.27. The largest absolute Gasteiger partial charge is 0.478 e. The number of carbonyl (C=O) groups is 2. The minimum absolute atomic E-state index is 0.112. The molecule has 1 aliphatic rings. The lowest BCUT2D eigenvalue weighted by molar-refractivity contribution is 0.0696. The first kappa shape index (κ1) is 18.4. The van der Waals surface area contributed by atoms with Crippen LogP contribution in [0, 0.1) is 0 Å².